The summed E-state index contributed by atoms with van der Waals surface area (Å²) in [5, 5.41) is -0.820. The smallest absolute Gasteiger partial charge is 0.237 e. The van der Waals surface area contributed by atoms with Gasteiger partial charge < -0.3 is 4.90 Å². The Morgan fingerprint density at radius 1 is 1.20 bits per heavy atom. The van der Waals surface area contributed by atoms with Crippen molar-refractivity contribution in [1.82, 2.24) is 0 Å². The summed E-state index contributed by atoms with van der Waals surface area (Å²) < 4.78 is 22.7. The molecular formula is C14H18ClNO3S. The van der Waals surface area contributed by atoms with E-state index in [-0.39, 0.29) is 24.3 Å². The second-order valence-electron chi connectivity index (χ2n) is 6.10. The second-order valence-corrected chi connectivity index (χ2v) is 9.01. The van der Waals surface area contributed by atoms with Crippen molar-refractivity contribution >= 4 is 31.3 Å². The first-order chi connectivity index (χ1) is 9.09. The van der Waals surface area contributed by atoms with Crippen LogP contribution in [0.2, 0.25) is 0 Å². The molecule has 1 amide bonds. The first-order valence-electron chi connectivity index (χ1n) is 6.43. The largest absolute Gasteiger partial charge is 0.311 e. The predicted octanol–water partition coefficient (Wildman–Crippen LogP) is 2.66. The van der Waals surface area contributed by atoms with Gasteiger partial charge in [0.1, 0.15) is 5.25 Å². The molecule has 0 aliphatic carbocycles. The molecule has 1 fully saturated rings. The maximum absolute atomic E-state index is 11.9. The lowest BCUT2D eigenvalue weighted by atomic mass is 9.87. The zero-order chi connectivity index (χ0) is 15.1. The minimum Gasteiger partial charge on any atom is -0.311 e. The van der Waals surface area contributed by atoms with E-state index in [4.69, 9.17) is 10.7 Å². The number of anilines is 1. The van der Waals surface area contributed by atoms with Crippen LogP contribution in [0.4, 0.5) is 5.69 Å². The predicted molar refractivity (Wildman–Crippen MR) is 80.7 cm³/mol. The topological polar surface area (TPSA) is 54.5 Å². The molecule has 1 aliphatic rings. The van der Waals surface area contributed by atoms with Gasteiger partial charge in [-0.05, 0) is 23.1 Å². The van der Waals surface area contributed by atoms with Crippen molar-refractivity contribution in [2.45, 2.75) is 37.9 Å². The van der Waals surface area contributed by atoms with Gasteiger partial charge in [0.25, 0.3) is 0 Å². The maximum atomic E-state index is 11.9. The Kier molecular flexibility index (Phi) is 3.86. The molecule has 0 N–H and O–H groups in total. The number of hydrogen-bond donors (Lipinski definition) is 0. The van der Waals surface area contributed by atoms with E-state index in [1.807, 2.05) is 24.3 Å². The van der Waals surface area contributed by atoms with E-state index in [1.54, 1.807) is 0 Å². The Morgan fingerprint density at radius 2 is 1.75 bits per heavy atom. The Labute approximate surface area is 124 Å². The maximum Gasteiger partial charge on any atom is 0.237 e. The lowest BCUT2D eigenvalue weighted by Gasteiger charge is -2.21. The highest BCUT2D eigenvalue weighted by Gasteiger charge is 2.37. The standard InChI is InChI=1S/C14H18ClNO3S/c1-14(2,3)10-4-6-11(7-5-10)16-9-12(8-13(16)17)20(15,18)19/h4-7,12H,8-9H2,1-3H3. The highest BCUT2D eigenvalue weighted by atomic mass is 35.7. The van der Waals surface area contributed by atoms with Gasteiger partial charge in [-0.25, -0.2) is 8.42 Å². The summed E-state index contributed by atoms with van der Waals surface area (Å²) in [6, 6.07) is 7.62. The fourth-order valence-electron chi connectivity index (χ4n) is 2.25. The van der Waals surface area contributed by atoms with Crippen LogP contribution < -0.4 is 4.90 Å². The van der Waals surface area contributed by atoms with E-state index in [1.165, 1.54) is 4.90 Å². The zero-order valence-corrected chi connectivity index (χ0v) is 13.3. The average Bonchev–Trinajstić information content (AvgIpc) is 2.70. The Balaban J connectivity index is 2.23. The van der Waals surface area contributed by atoms with E-state index in [0.717, 1.165) is 5.56 Å². The molecule has 1 aromatic rings. The molecule has 110 valence electrons. The number of benzene rings is 1. The summed E-state index contributed by atoms with van der Waals surface area (Å²) in [5.41, 5.74) is 1.91. The third-order valence-electron chi connectivity index (χ3n) is 3.53. The molecule has 4 nitrogen and oxygen atoms in total. The van der Waals surface area contributed by atoms with Crippen molar-refractivity contribution < 1.29 is 13.2 Å². The summed E-state index contributed by atoms with van der Waals surface area (Å²) >= 11 is 0. The molecule has 1 aliphatic heterocycles. The molecule has 0 aromatic heterocycles. The molecule has 0 saturated carbocycles. The lowest BCUT2D eigenvalue weighted by Crippen LogP contribution is -2.26. The summed E-state index contributed by atoms with van der Waals surface area (Å²) in [6.07, 6.45) is -0.0488. The SMILES string of the molecule is CC(C)(C)c1ccc(N2CC(S(=O)(=O)Cl)CC2=O)cc1. The minimum absolute atomic E-state index is 0.0373. The van der Waals surface area contributed by atoms with Crippen LogP contribution in [0.25, 0.3) is 0 Å². The first-order valence-corrected chi connectivity index (χ1v) is 8.80. The van der Waals surface area contributed by atoms with Crippen LogP contribution in [0.15, 0.2) is 24.3 Å². The number of carbonyl (C=O) groups is 1. The molecule has 0 spiro atoms. The van der Waals surface area contributed by atoms with Crippen molar-refractivity contribution in [1.29, 1.82) is 0 Å². The van der Waals surface area contributed by atoms with Crippen molar-refractivity contribution in [2.75, 3.05) is 11.4 Å². The highest BCUT2D eigenvalue weighted by Crippen LogP contribution is 2.29. The number of nitrogens with zero attached hydrogens (tertiary/aromatic N) is 1. The molecule has 1 heterocycles. The van der Waals surface area contributed by atoms with Gasteiger partial charge in [0.15, 0.2) is 0 Å². The second kappa shape index (κ2) is 5.04. The number of amides is 1. The molecule has 1 atom stereocenters. The van der Waals surface area contributed by atoms with Gasteiger partial charge in [-0.15, -0.1) is 0 Å². The van der Waals surface area contributed by atoms with Gasteiger partial charge in [-0.2, -0.15) is 0 Å². The van der Waals surface area contributed by atoms with Gasteiger partial charge in [0.05, 0.1) is 0 Å². The molecular weight excluding hydrogens is 298 g/mol. The van der Waals surface area contributed by atoms with Crippen LogP contribution in [-0.4, -0.2) is 26.1 Å². The molecule has 0 bridgehead atoms. The number of rotatable bonds is 2. The normalized spacial score (nSPS) is 20.5. The van der Waals surface area contributed by atoms with Crippen molar-refractivity contribution in [3.05, 3.63) is 29.8 Å². The molecule has 1 aromatic carbocycles. The zero-order valence-electron chi connectivity index (χ0n) is 11.8. The Hall–Kier alpha value is -1.07. The van der Waals surface area contributed by atoms with Crippen LogP contribution in [0.5, 0.6) is 0 Å². The van der Waals surface area contributed by atoms with E-state index in [0.29, 0.717) is 5.69 Å². The third kappa shape index (κ3) is 3.15. The van der Waals surface area contributed by atoms with E-state index in [9.17, 15) is 13.2 Å². The van der Waals surface area contributed by atoms with Gasteiger partial charge in [0.2, 0.25) is 15.0 Å². The summed E-state index contributed by atoms with van der Waals surface area (Å²) in [5.74, 6) is -0.206. The Bertz CT molecular complexity index is 617. The van der Waals surface area contributed by atoms with Crippen molar-refractivity contribution in [2.24, 2.45) is 0 Å². The van der Waals surface area contributed by atoms with Crippen LogP contribution >= 0.6 is 10.7 Å². The van der Waals surface area contributed by atoms with E-state index >= 15 is 0 Å². The van der Waals surface area contributed by atoms with Gasteiger partial charge in [0, 0.05) is 29.3 Å². The summed E-state index contributed by atoms with van der Waals surface area (Å²) in [4.78, 5) is 13.4. The minimum atomic E-state index is -3.70. The number of hydrogen-bond acceptors (Lipinski definition) is 3. The molecule has 0 radical (unpaired) electrons. The van der Waals surface area contributed by atoms with Gasteiger partial charge in [-0.1, -0.05) is 32.9 Å². The molecule has 1 saturated heterocycles. The van der Waals surface area contributed by atoms with Crippen LogP contribution in [-0.2, 0) is 19.3 Å². The first kappa shape index (κ1) is 15.3. The molecule has 2 rings (SSSR count). The lowest BCUT2D eigenvalue weighted by molar-refractivity contribution is -0.117. The van der Waals surface area contributed by atoms with Crippen molar-refractivity contribution in [3.63, 3.8) is 0 Å². The third-order valence-corrected chi connectivity index (χ3v) is 5.40. The highest BCUT2D eigenvalue weighted by molar-refractivity contribution is 8.14. The average molecular weight is 316 g/mol. The number of carbonyl (C=O) groups excluding carboxylic acids is 1. The van der Waals surface area contributed by atoms with Crippen LogP contribution in [0.1, 0.15) is 32.8 Å². The molecule has 20 heavy (non-hydrogen) atoms. The monoisotopic (exact) mass is 315 g/mol. The van der Waals surface area contributed by atoms with Crippen LogP contribution in [0, 0.1) is 0 Å². The molecule has 1 unspecified atom stereocenters. The fourth-order valence-corrected chi connectivity index (χ4v) is 3.28. The summed E-state index contributed by atoms with van der Waals surface area (Å²) in [6.45, 7) is 6.46. The quantitative estimate of drug-likeness (QED) is 0.788. The number of halogens is 1. The Morgan fingerprint density at radius 3 is 2.15 bits per heavy atom. The molecule has 6 heteroatoms. The van der Waals surface area contributed by atoms with Crippen molar-refractivity contribution in [3.8, 4) is 0 Å². The van der Waals surface area contributed by atoms with E-state index in [2.05, 4.69) is 20.8 Å². The van der Waals surface area contributed by atoms with Gasteiger partial charge >= 0.3 is 0 Å². The van der Waals surface area contributed by atoms with E-state index < -0.39 is 14.3 Å². The van der Waals surface area contributed by atoms with Gasteiger partial charge in [-0.3, -0.25) is 4.79 Å². The van der Waals surface area contributed by atoms with Crippen LogP contribution in [0.3, 0.4) is 0 Å². The fraction of sp³-hybridized carbons (Fsp3) is 0.500. The summed E-state index contributed by atoms with van der Waals surface area (Å²) in [7, 11) is 1.64.